The maximum atomic E-state index is 11.8. The van der Waals surface area contributed by atoms with Crippen LogP contribution in [0.2, 0.25) is 0 Å². The quantitative estimate of drug-likeness (QED) is 0.875. The monoisotopic (exact) mass is 316 g/mol. The van der Waals surface area contributed by atoms with E-state index in [1.54, 1.807) is 12.1 Å². The van der Waals surface area contributed by atoms with E-state index in [1.807, 2.05) is 43.3 Å². The Labute approximate surface area is 120 Å². The van der Waals surface area contributed by atoms with Crippen molar-refractivity contribution in [2.75, 3.05) is 5.32 Å². The average Bonchev–Trinajstić information content (AvgIpc) is 2.38. The van der Waals surface area contributed by atoms with Gasteiger partial charge in [0.25, 0.3) is 0 Å². The second-order valence-corrected chi connectivity index (χ2v) is 4.86. The summed E-state index contributed by atoms with van der Waals surface area (Å²) >= 11 is 3.43. The SMILES string of the molecule is Cc1cccc(NC(=O)/C=C/c2ccccc2Br)n1. The Bertz CT molecular complexity index is 623. The molecule has 0 aliphatic heterocycles. The summed E-state index contributed by atoms with van der Waals surface area (Å²) < 4.78 is 0.952. The highest BCUT2D eigenvalue weighted by molar-refractivity contribution is 9.10. The largest absolute Gasteiger partial charge is 0.307 e. The molecule has 1 heterocycles. The number of carbonyl (C=O) groups is 1. The minimum Gasteiger partial charge on any atom is -0.307 e. The van der Waals surface area contributed by atoms with Gasteiger partial charge in [-0.1, -0.05) is 40.2 Å². The topological polar surface area (TPSA) is 42.0 Å². The molecule has 0 aliphatic carbocycles. The van der Waals surface area contributed by atoms with E-state index in [0.29, 0.717) is 5.82 Å². The molecule has 2 aromatic rings. The van der Waals surface area contributed by atoms with E-state index in [0.717, 1.165) is 15.7 Å². The third-order valence-electron chi connectivity index (χ3n) is 2.46. The molecule has 96 valence electrons. The van der Waals surface area contributed by atoms with Crippen LogP contribution in [0.25, 0.3) is 6.08 Å². The molecule has 1 aromatic heterocycles. The summed E-state index contributed by atoms with van der Waals surface area (Å²) in [5, 5.41) is 2.72. The predicted molar refractivity (Wildman–Crippen MR) is 80.8 cm³/mol. The van der Waals surface area contributed by atoms with Gasteiger partial charge in [-0.2, -0.15) is 0 Å². The summed E-state index contributed by atoms with van der Waals surface area (Å²) in [6, 6.07) is 13.2. The van der Waals surface area contributed by atoms with Crippen LogP contribution in [-0.2, 0) is 4.79 Å². The Morgan fingerprint density at radius 3 is 2.74 bits per heavy atom. The van der Waals surface area contributed by atoms with Crippen LogP contribution in [0.1, 0.15) is 11.3 Å². The molecule has 19 heavy (non-hydrogen) atoms. The van der Waals surface area contributed by atoms with Gasteiger partial charge in [0.1, 0.15) is 5.82 Å². The number of halogens is 1. The number of carbonyl (C=O) groups excluding carboxylic acids is 1. The number of benzene rings is 1. The van der Waals surface area contributed by atoms with Gasteiger partial charge in [0.2, 0.25) is 5.91 Å². The highest BCUT2D eigenvalue weighted by atomic mass is 79.9. The number of nitrogens with zero attached hydrogens (tertiary/aromatic N) is 1. The maximum Gasteiger partial charge on any atom is 0.249 e. The van der Waals surface area contributed by atoms with Gasteiger partial charge in [0.15, 0.2) is 0 Å². The molecule has 3 nitrogen and oxygen atoms in total. The highest BCUT2D eigenvalue weighted by Gasteiger charge is 2.00. The Morgan fingerprint density at radius 2 is 2.00 bits per heavy atom. The fraction of sp³-hybridized carbons (Fsp3) is 0.0667. The number of aryl methyl sites for hydroxylation is 1. The van der Waals surface area contributed by atoms with Crippen molar-refractivity contribution < 1.29 is 4.79 Å². The molecule has 0 spiro atoms. The lowest BCUT2D eigenvalue weighted by Gasteiger charge is -2.02. The number of amides is 1. The van der Waals surface area contributed by atoms with E-state index in [-0.39, 0.29) is 5.91 Å². The number of nitrogens with one attached hydrogen (secondary N) is 1. The molecule has 0 aliphatic rings. The average molecular weight is 317 g/mol. The molecule has 4 heteroatoms. The van der Waals surface area contributed by atoms with Crippen LogP contribution in [0, 0.1) is 6.92 Å². The molecular weight excluding hydrogens is 304 g/mol. The van der Waals surface area contributed by atoms with Crippen molar-refractivity contribution in [2.24, 2.45) is 0 Å². The van der Waals surface area contributed by atoms with Crippen molar-refractivity contribution in [3.8, 4) is 0 Å². The van der Waals surface area contributed by atoms with Crippen molar-refractivity contribution in [1.29, 1.82) is 0 Å². The molecular formula is C15H13BrN2O. The number of pyridine rings is 1. The second-order valence-electron chi connectivity index (χ2n) is 4.01. The van der Waals surface area contributed by atoms with Crippen LogP contribution in [-0.4, -0.2) is 10.9 Å². The Balaban J connectivity index is 2.04. The minimum atomic E-state index is -0.200. The lowest BCUT2D eigenvalue weighted by Crippen LogP contribution is -2.09. The molecule has 1 aromatic carbocycles. The van der Waals surface area contributed by atoms with E-state index >= 15 is 0 Å². The zero-order valence-corrected chi connectivity index (χ0v) is 12.0. The van der Waals surface area contributed by atoms with Crippen molar-refractivity contribution in [3.05, 3.63) is 64.3 Å². The molecule has 0 atom stereocenters. The number of aromatic nitrogens is 1. The number of anilines is 1. The second kappa shape index (κ2) is 6.29. The molecule has 0 radical (unpaired) electrons. The van der Waals surface area contributed by atoms with Crippen LogP contribution in [0.3, 0.4) is 0 Å². The summed E-state index contributed by atoms with van der Waals surface area (Å²) in [5.74, 6) is 0.357. The molecule has 0 fully saturated rings. The zero-order valence-electron chi connectivity index (χ0n) is 10.4. The van der Waals surface area contributed by atoms with Crippen molar-refractivity contribution in [1.82, 2.24) is 4.98 Å². The van der Waals surface area contributed by atoms with Gasteiger partial charge in [-0.25, -0.2) is 4.98 Å². The van der Waals surface area contributed by atoms with Crippen molar-refractivity contribution in [2.45, 2.75) is 6.92 Å². The van der Waals surface area contributed by atoms with Crippen molar-refractivity contribution in [3.63, 3.8) is 0 Å². The molecule has 0 saturated heterocycles. The van der Waals surface area contributed by atoms with Crippen LogP contribution in [0.15, 0.2) is 53.0 Å². The van der Waals surface area contributed by atoms with Gasteiger partial charge >= 0.3 is 0 Å². The molecule has 1 N–H and O–H groups in total. The fourth-order valence-corrected chi connectivity index (χ4v) is 1.97. The van der Waals surface area contributed by atoms with Crippen LogP contribution in [0.5, 0.6) is 0 Å². The third-order valence-corrected chi connectivity index (χ3v) is 3.18. The van der Waals surface area contributed by atoms with Crippen molar-refractivity contribution >= 4 is 33.7 Å². The molecule has 1 amide bonds. The lowest BCUT2D eigenvalue weighted by molar-refractivity contribution is -0.111. The summed E-state index contributed by atoms with van der Waals surface area (Å²) in [4.78, 5) is 16.0. The van der Waals surface area contributed by atoms with E-state index in [9.17, 15) is 4.79 Å². The first-order valence-corrected chi connectivity index (χ1v) is 6.62. The third kappa shape index (κ3) is 4.03. The Hall–Kier alpha value is -1.94. The van der Waals surface area contributed by atoms with E-state index < -0.39 is 0 Å². The summed E-state index contributed by atoms with van der Waals surface area (Å²) in [7, 11) is 0. The first-order valence-electron chi connectivity index (χ1n) is 5.82. The first-order chi connectivity index (χ1) is 9.15. The van der Waals surface area contributed by atoms with Crippen LogP contribution >= 0.6 is 15.9 Å². The smallest absolute Gasteiger partial charge is 0.249 e. The Kier molecular flexibility index (Phi) is 4.47. The van der Waals surface area contributed by atoms with E-state index in [4.69, 9.17) is 0 Å². The van der Waals surface area contributed by atoms with Gasteiger partial charge in [0.05, 0.1) is 0 Å². The lowest BCUT2D eigenvalue weighted by atomic mass is 10.2. The van der Waals surface area contributed by atoms with E-state index in [2.05, 4.69) is 26.2 Å². The van der Waals surface area contributed by atoms with Crippen LogP contribution < -0.4 is 5.32 Å². The number of hydrogen-bond acceptors (Lipinski definition) is 2. The summed E-state index contributed by atoms with van der Waals surface area (Å²) in [5.41, 5.74) is 1.82. The molecule has 0 unspecified atom stereocenters. The predicted octanol–water partition coefficient (Wildman–Crippen LogP) is 3.80. The van der Waals surface area contributed by atoms with E-state index in [1.165, 1.54) is 6.08 Å². The first kappa shape index (κ1) is 13.5. The van der Waals surface area contributed by atoms with Gasteiger partial charge in [0, 0.05) is 16.2 Å². The number of rotatable bonds is 3. The van der Waals surface area contributed by atoms with Gasteiger partial charge in [-0.05, 0) is 36.8 Å². The van der Waals surface area contributed by atoms with Gasteiger partial charge in [-0.15, -0.1) is 0 Å². The highest BCUT2D eigenvalue weighted by Crippen LogP contribution is 2.17. The summed E-state index contributed by atoms with van der Waals surface area (Å²) in [6.07, 6.45) is 3.25. The molecule has 2 rings (SSSR count). The zero-order chi connectivity index (χ0) is 13.7. The molecule has 0 bridgehead atoms. The normalized spacial score (nSPS) is 10.6. The van der Waals surface area contributed by atoms with Gasteiger partial charge in [-0.3, -0.25) is 4.79 Å². The Morgan fingerprint density at radius 1 is 1.21 bits per heavy atom. The molecule has 0 saturated carbocycles. The van der Waals surface area contributed by atoms with Crippen LogP contribution in [0.4, 0.5) is 5.82 Å². The number of hydrogen-bond donors (Lipinski definition) is 1. The standard InChI is InChI=1S/C15H13BrN2O/c1-11-5-4-8-14(17-11)18-15(19)10-9-12-6-2-3-7-13(12)16/h2-10H,1H3,(H,17,18,19)/b10-9+. The van der Waals surface area contributed by atoms with Gasteiger partial charge < -0.3 is 5.32 Å². The fourth-order valence-electron chi connectivity index (χ4n) is 1.56. The minimum absolute atomic E-state index is 0.200. The maximum absolute atomic E-state index is 11.8. The summed E-state index contributed by atoms with van der Waals surface area (Å²) in [6.45, 7) is 1.88.